The van der Waals surface area contributed by atoms with Crippen LogP contribution in [0, 0.1) is 0 Å². The average Bonchev–Trinajstić information content (AvgIpc) is 2.01. The van der Waals surface area contributed by atoms with Gasteiger partial charge in [0.2, 0.25) is 5.91 Å². The molecule has 0 fully saturated rings. The van der Waals surface area contributed by atoms with E-state index in [1.54, 1.807) is 0 Å². The maximum Gasteiger partial charge on any atom is 0.221 e. The summed E-state index contributed by atoms with van der Waals surface area (Å²) in [6.45, 7) is -0.483. The van der Waals surface area contributed by atoms with Crippen molar-refractivity contribution >= 4 is 18.5 Å². The van der Waals surface area contributed by atoms with Crippen molar-refractivity contribution in [2.24, 2.45) is 0 Å². The van der Waals surface area contributed by atoms with E-state index in [1.807, 2.05) is 0 Å². The maximum absolute atomic E-state index is 10.8. The molecule has 0 heterocycles. The van der Waals surface area contributed by atoms with E-state index in [4.69, 9.17) is 10.2 Å². The minimum Gasteiger partial charge on any atom is -0.394 e. The summed E-state index contributed by atoms with van der Waals surface area (Å²) in [6.07, 6.45) is 0.305. The number of thiol groups is 1. The van der Waals surface area contributed by atoms with Crippen molar-refractivity contribution in [3.8, 4) is 0 Å². The van der Waals surface area contributed by atoms with Crippen molar-refractivity contribution in [3.05, 3.63) is 0 Å². The van der Waals surface area contributed by atoms with Gasteiger partial charge in [-0.3, -0.25) is 4.79 Å². The third-order valence-corrected chi connectivity index (χ3v) is 1.37. The molecule has 0 aliphatic heterocycles. The first-order chi connectivity index (χ1) is 5.24. The zero-order valence-corrected chi connectivity index (χ0v) is 7.05. The molecule has 0 rings (SSSR count). The van der Waals surface area contributed by atoms with E-state index in [0.29, 0.717) is 12.2 Å². The van der Waals surface area contributed by atoms with Gasteiger partial charge in [0.05, 0.1) is 19.3 Å². The average molecular weight is 179 g/mol. The van der Waals surface area contributed by atoms with Crippen LogP contribution in [-0.2, 0) is 4.79 Å². The summed E-state index contributed by atoms with van der Waals surface area (Å²) < 4.78 is 0. The lowest BCUT2D eigenvalue weighted by Gasteiger charge is -2.12. The Bertz CT molecular complexity index is 116. The fourth-order valence-corrected chi connectivity index (χ4v) is 0.753. The molecule has 0 spiro atoms. The van der Waals surface area contributed by atoms with Crippen LogP contribution in [0.3, 0.4) is 0 Å². The van der Waals surface area contributed by atoms with E-state index < -0.39 is 6.04 Å². The minimum absolute atomic E-state index is 0.201. The number of aliphatic hydroxyl groups is 2. The Hall–Kier alpha value is -0.260. The van der Waals surface area contributed by atoms with Crippen molar-refractivity contribution < 1.29 is 15.0 Å². The predicted molar refractivity (Wildman–Crippen MR) is 44.6 cm³/mol. The van der Waals surface area contributed by atoms with Crippen LogP contribution >= 0.6 is 12.6 Å². The summed E-state index contributed by atoms with van der Waals surface area (Å²) in [5.41, 5.74) is 0. The summed E-state index contributed by atoms with van der Waals surface area (Å²) in [6, 6.07) is -0.539. The van der Waals surface area contributed by atoms with Crippen LogP contribution in [0.15, 0.2) is 0 Å². The Kier molecular flexibility index (Phi) is 6.30. The van der Waals surface area contributed by atoms with Crippen LogP contribution in [0.1, 0.15) is 6.42 Å². The Labute approximate surface area is 71.0 Å². The van der Waals surface area contributed by atoms with Gasteiger partial charge in [-0.1, -0.05) is 0 Å². The molecule has 0 bridgehead atoms. The first-order valence-electron chi connectivity index (χ1n) is 3.36. The molecule has 0 aromatic heterocycles. The van der Waals surface area contributed by atoms with E-state index in [2.05, 4.69) is 17.9 Å². The third kappa shape index (κ3) is 5.06. The topological polar surface area (TPSA) is 69.6 Å². The fourth-order valence-electron chi connectivity index (χ4n) is 0.550. The van der Waals surface area contributed by atoms with Crippen LogP contribution in [0.5, 0.6) is 0 Å². The second kappa shape index (κ2) is 6.45. The standard InChI is InChI=1S/C6H13NO3S/c8-3-5(4-9)7-6(10)1-2-11/h5,8-9,11H,1-4H2,(H,7,10). The van der Waals surface area contributed by atoms with Crippen LogP contribution in [0.4, 0.5) is 0 Å². The van der Waals surface area contributed by atoms with E-state index in [9.17, 15) is 4.79 Å². The van der Waals surface area contributed by atoms with Gasteiger partial charge in [-0.25, -0.2) is 0 Å². The number of aliphatic hydroxyl groups excluding tert-OH is 2. The SMILES string of the molecule is O=C(CCS)NC(CO)CO. The lowest BCUT2D eigenvalue weighted by atomic mass is 10.3. The first-order valence-corrected chi connectivity index (χ1v) is 3.99. The Morgan fingerprint density at radius 3 is 2.36 bits per heavy atom. The van der Waals surface area contributed by atoms with Crippen LogP contribution in [0.2, 0.25) is 0 Å². The van der Waals surface area contributed by atoms with Crippen LogP contribution in [0.25, 0.3) is 0 Å². The highest BCUT2D eigenvalue weighted by Gasteiger charge is 2.08. The van der Waals surface area contributed by atoms with Crippen molar-refractivity contribution in [1.82, 2.24) is 5.32 Å². The Morgan fingerprint density at radius 1 is 1.45 bits per heavy atom. The molecule has 0 aromatic carbocycles. The zero-order valence-electron chi connectivity index (χ0n) is 6.16. The summed E-state index contributed by atoms with van der Waals surface area (Å²) in [7, 11) is 0. The van der Waals surface area contributed by atoms with E-state index in [0.717, 1.165) is 0 Å². The number of carbonyl (C=O) groups is 1. The second-order valence-corrected chi connectivity index (χ2v) is 2.55. The number of amides is 1. The summed E-state index contributed by atoms with van der Waals surface area (Å²) in [5, 5.41) is 19.5. The van der Waals surface area contributed by atoms with Gasteiger partial charge in [0.1, 0.15) is 0 Å². The number of hydrogen-bond acceptors (Lipinski definition) is 4. The highest BCUT2D eigenvalue weighted by atomic mass is 32.1. The summed E-state index contributed by atoms with van der Waals surface area (Å²) in [5.74, 6) is 0.267. The first kappa shape index (κ1) is 10.7. The van der Waals surface area contributed by atoms with Crippen molar-refractivity contribution in [3.63, 3.8) is 0 Å². The van der Waals surface area contributed by atoms with Gasteiger partial charge in [0, 0.05) is 6.42 Å². The number of carbonyl (C=O) groups excluding carboxylic acids is 1. The zero-order chi connectivity index (χ0) is 8.69. The monoisotopic (exact) mass is 179 g/mol. The van der Waals surface area contributed by atoms with Gasteiger partial charge < -0.3 is 15.5 Å². The number of rotatable bonds is 5. The van der Waals surface area contributed by atoms with Gasteiger partial charge in [-0.15, -0.1) is 0 Å². The van der Waals surface area contributed by atoms with E-state index in [1.165, 1.54) is 0 Å². The predicted octanol–water partition coefficient (Wildman–Crippen LogP) is -1.22. The molecule has 0 radical (unpaired) electrons. The molecule has 1 amide bonds. The maximum atomic E-state index is 10.8. The molecule has 3 N–H and O–H groups in total. The molecule has 0 unspecified atom stereocenters. The Morgan fingerprint density at radius 2 is 2.00 bits per heavy atom. The number of nitrogens with one attached hydrogen (secondary N) is 1. The van der Waals surface area contributed by atoms with Gasteiger partial charge >= 0.3 is 0 Å². The largest absolute Gasteiger partial charge is 0.394 e. The van der Waals surface area contributed by atoms with Gasteiger partial charge in [-0.05, 0) is 5.75 Å². The van der Waals surface area contributed by atoms with E-state index in [-0.39, 0.29) is 19.1 Å². The molecule has 0 aromatic rings. The molecule has 11 heavy (non-hydrogen) atoms. The molecular weight excluding hydrogens is 166 g/mol. The molecule has 0 saturated carbocycles. The lowest BCUT2D eigenvalue weighted by molar-refractivity contribution is -0.122. The molecule has 66 valence electrons. The lowest BCUT2D eigenvalue weighted by Crippen LogP contribution is -2.40. The minimum atomic E-state index is -0.539. The second-order valence-electron chi connectivity index (χ2n) is 2.10. The van der Waals surface area contributed by atoms with Crippen LogP contribution in [-0.4, -0.2) is 41.1 Å². The number of hydrogen-bond donors (Lipinski definition) is 4. The van der Waals surface area contributed by atoms with Gasteiger partial charge in [-0.2, -0.15) is 12.6 Å². The molecule has 0 saturated heterocycles. The van der Waals surface area contributed by atoms with Crippen molar-refractivity contribution in [1.29, 1.82) is 0 Å². The molecule has 0 atom stereocenters. The highest BCUT2D eigenvalue weighted by Crippen LogP contribution is 1.86. The van der Waals surface area contributed by atoms with Gasteiger partial charge in [0.15, 0.2) is 0 Å². The van der Waals surface area contributed by atoms with Crippen LogP contribution < -0.4 is 5.32 Å². The molecule has 4 nitrogen and oxygen atoms in total. The molecular formula is C6H13NO3S. The van der Waals surface area contributed by atoms with Crippen molar-refractivity contribution in [2.45, 2.75) is 12.5 Å². The molecule has 0 aliphatic rings. The molecule has 0 aliphatic carbocycles. The smallest absolute Gasteiger partial charge is 0.221 e. The fraction of sp³-hybridized carbons (Fsp3) is 0.833. The third-order valence-electron chi connectivity index (χ3n) is 1.14. The summed E-state index contributed by atoms with van der Waals surface area (Å²) in [4.78, 5) is 10.8. The van der Waals surface area contributed by atoms with Crippen molar-refractivity contribution in [2.75, 3.05) is 19.0 Å². The molecule has 5 heteroatoms. The van der Waals surface area contributed by atoms with E-state index >= 15 is 0 Å². The highest BCUT2D eigenvalue weighted by molar-refractivity contribution is 7.80. The van der Waals surface area contributed by atoms with Gasteiger partial charge in [0.25, 0.3) is 0 Å². The Balaban J connectivity index is 3.54. The normalized spacial score (nSPS) is 10.2. The summed E-state index contributed by atoms with van der Waals surface area (Å²) >= 11 is 3.86. The quantitative estimate of drug-likeness (QED) is 0.400.